The lowest BCUT2D eigenvalue weighted by Gasteiger charge is -2.11. The first kappa shape index (κ1) is 12.7. The molecule has 8 heteroatoms. The van der Waals surface area contributed by atoms with E-state index in [1.807, 2.05) is 0 Å². The lowest BCUT2D eigenvalue weighted by molar-refractivity contribution is 0.0697. The Kier molecular flexibility index (Phi) is 3.14. The maximum atomic E-state index is 11.6. The van der Waals surface area contributed by atoms with Gasteiger partial charge in [-0.15, -0.1) is 0 Å². The summed E-state index contributed by atoms with van der Waals surface area (Å²) in [6.07, 6.45) is 1.66. The van der Waals surface area contributed by atoms with E-state index in [0.29, 0.717) is 0 Å². The molecule has 0 bridgehead atoms. The fraction of sp³-hybridized carbons (Fsp3) is 0.300. The summed E-state index contributed by atoms with van der Waals surface area (Å²) < 4.78 is 28.0. The van der Waals surface area contributed by atoms with Crippen LogP contribution in [-0.4, -0.2) is 25.5 Å². The summed E-state index contributed by atoms with van der Waals surface area (Å²) in [5.41, 5.74) is 5.83. The first-order valence-electron chi connectivity index (χ1n) is 5.30. The summed E-state index contributed by atoms with van der Waals surface area (Å²) in [5.74, 6) is -1.12. The molecular weight excluding hydrogens is 258 g/mol. The van der Waals surface area contributed by atoms with Gasteiger partial charge in [-0.05, 0) is 31.0 Å². The zero-order valence-corrected chi connectivity index (χ0v) is 10.2. The van der Waals surface area contributed by atoms with E-state index in [1.54, 1.807) is 0 Å². The number of nitrogens with two attached hydrogens (primary N) is 1. The lowest BCUT2D eigenvalue weighted by atomic mass is 10.2. The third-order valence-electron chi connectivity index (χ3n) is 2.44. The molecule has 1 aromatic rings. The zero-order valence-electron chi connectivity index (χ0n) is 9.38. The first-order valence-corrected chi connectivity index (χ1v) is 6.78. The number of hydrogen-bond acceptors (Lipinski definition) is 4. The van der Waals surface area contributed by atoms with Crippen LogP contribution in [-0.2, 0) is 10.2 Å². The quantitative estimate of drug-likeness (QED) is 0.577. The van der Waals surface area contributed by atoms with E-state index in [2.05, 4.69) is 9.44 Å². The van der Waals surface area contributed by atoms with Crippen molar-refractivity contribution in [3.05, 3.63) is 23.8 Å². The van der Waals surface area contributed by atoms with Crippen molar-refractivity contribution in [1.29, 1.82) is 0 Å². The van der Waals surface area contributed by atoms with Gasteiger partial charge in [0.15, 0.2) is 0 Å². The Labute approximate surface area is 104 Å². The Morgan fingerprint density at radius 1 is 1.39 bits per heavy atom. The smallest absolute Gasteiger partial charge is 0.335 e. The third kappa shape index (κ3) is 3.11. The van der Waals surface area contributed by atoms with Gasteiger partial charge in [0.25, 0.3) is 10.2 Å². The van der Waals surface area contributed by atoms with E-state index < -0.39 is 16.2 Å². The van der Waals surface area contributed by atoms with Gasteiger partial charge in [-0.25, -0.2) is 4.79 Å². The van der Waals surface area contributed by atoms with Crippen LogP contribution in [0.5, 0.6) is 0 Å². The fourth-order valence-corrected chi connectivity index (χ4v) is 2.59. The van der Waals surface area contributed by atoms with Crippen LogP contribution in [0, 0.1) is 0 Å². The van der Waals surface area contributed by atoms with E-state index in [-0.39, 0.29) is 23.0 Å². The average Bonchev–Trinajstić information content (AvgIpc) is 3.03. The minimum absolute atomic E-state index is 0.00519. The van der Waals surface area contributed by atoms with Crippen molar-refractivity contribution in [2.75, 3.05) is 10.5 Å². The molecule has 18 heavy (non-hydrogen) atoms. The molecule has 0 amide bonds. The maximum absolute atomic E-state index is 11.6. The molecule has 1 aliphatic rings. The van der Waals surface area contributed by atoms with Crippen molar-refractivity contribution in [1.82, 2.24) is 4.72 Å². The van der Waals surface area contributed by atoms with Crippen LogP contribution in [0.4, 0.5) is 11.4 Å². The molecule has 0 aromatic heterocycles. The number of nitrogens with one attached hydrogen (secondary N) is 2. The Balaban J connectivity index is 2.16. The lowest BCUT2D eigenvalue weighted by Crippen LogP contribution is -2.32. The highest BCUT2D eigenvalue weighted by Crippen LogP contribution is 2.23. The van der Waals surface area contributed by atoms with Crippen LogP contribution in [0.25, 0.3) is 0 Å². The Hall–Kier alpha value is -1.80. The normalized spacial score (nSPS) is 15.3. The number of nitrogen functional groups attached to an aromatic ring is 1. The summed E-state index contributed by atoms with van der Waals surface area (Å²) >= 11 is 0. The molecule has 5 N–H and O–H groups in total. The Morgan fingerprint density at radius 3 is 2.56 bits per heavy atom. The Morgan fingerprint density at radius 2 is 2.06 bits per heavy atom. The molecule has 0 aliphatic heterocycles. The molecule has 0 atom stereocenters. The molecule has 1 saturated carbocycles. The van der Waals surface area contributed by atoms with Crippen LogP contribution in [0.15, 0.2) is 18.2 Å². The Bertz CT molecular complexity index is 581. The molecule has 0 unspecified atom stereocenters. The molecule has 1 aliphatic carbocycles. The number of carboxylic acid groups (broad SMARTS) is 1. The minimum atomic E-state index is -3.65. The van der Waals surface area contributed by atoms with Gasteiger partial charge in [0.2, 0.25) is 0 Å². The summed E-state index contributed by atoms with van der Waals surface area (Å²) in [6.45, 7) is 0. The molecule has 7 nitrogen and oxygen atoms in total. The second-order valence-electron chi connectivity index (χ2n) is 4.10. The van der Waals surface area contributed by atoms with Crippen molar-refractivity contribution < 1.29 is 18.3 Å². The molecular formula is C10H13N3O4S. The van der Waals surface area contributed by atoms with Gasteiger partial charge >= 0.3 is 5.97 Å². The van der Waals surface area contributed by atoms with E-state index in [4.69, 9.17) is 10.8 Å². The zero-order chi connectivity index (χ0) is 13.3. The van der Waals surface area contributed by atoms with Gasteiger partial charge in [-0.1, -0.05) is 0 Å². The maximum Gasteiger partial charge on any atom is 0.335 e. The van der Waals surface area contributed by atoms with Crippen LogP contribution in [0.2, 0.25) is 0 Å². The fourth-order valence-electron chi connectivity index (χ4n) is 1.38. The van der Waals surface area contributed by atoms with Gasteiger partial charge in [0, 0.05) is 6.04 Å². The van der Waals surface area contributed by atoms with E-state index in [1.165, 1.54) is 18.2 Å². The number of hydrogen-bond donors (Lipinski definition) is 4. The van der Waals surface area contributed by atoms with Crippen LogP contribution in [0.1, 0.15) is 23.2 Å². The highest BCUT2D eigenvalue weighted by Gasteiger charge is 2.27. The second-order valence-corrected chi connectivity index (χ2v) is 5.55. The largest absolute Gasteiger partial charge is 0.478 e. The minimum Gasteiger partial charge on any atom is -0.478 e. The first-order chi connectivity index (χ1) is 8.37. The number of benzene rings is 1. The molecule has 98 valence electrons. The molecule has 1 aromatic carbocycles. The molecule has 1 fully saturated rings. The summed E-state index contributed by atoms with van der Waals surface area (Å²) in [7, 11) is -3.65. The van der Waals surface area contributed by atoms with E-state index >= 15 is 0 Å². The highest BCUT2D eigenvalue weighted by atomic mass is 32.2. The van der Waals surface area contributed by atoms with E-state index in [0.717, 1.165) is 12.8 Å². The van der Waals surface area contributed by atoms with Gasteiger partial charge in [0.1, 0.15) is 0 Å². The van der Waals surface area contributed by atoms with Crippen molar-refractivity contribution in [3.8, 4) is 0 Å². The third-order valence-corrected chi connectivity index (χ3v) is 3.57. The second kappa shape index (κ2) is 4.46. The monoisotopic (exact) mass is 271 g/mol. The van der Waals surface area contributed by atoms with Crippen molar-refractivity contribution >= 4 is 27.6 Å². The number of aromatic carboxylic acids is 1. The summed E-state index contributed by atoms with van der Waals surface area (Å²) in [5, 5.41) is 8.75. The predicted molar refractivity (Wildman–Crippen MR) is 66.5 cm³/mol. The molecule has 0 saturated heterocycles. The van der Waals surface area contributed by atoms with Gasteiger partial charge in [-0.2, -0.15) is 13.1 Å². The highest BCUT2D eigenvalue weighted by molar-refractivity contribution is 7.90. The topological polar surface area (TPSA) is 122 Å². The SMILES string of the molecule is Nc1cc(C(=O)O)ccc1NS(=O)(=O)NC1CC1. The number of carboxylic acids is 1. The average molecular weight is 271 g/mol. The predicted octanol–water partition coefficient (Wildman–Crippen LogP) is 0.376. The number of anilines is 2. The van der Waals surface area contributed by atoms with Crippen molar-refractivity contribution in [2.45, 2.75) is 18.9 Å². The molecule has 0 heterocycles. The summed E-state index contributed by atoms with van der Waals surface area (Å²) in [4.78, 5) is 10.7. The molecule has 0 spiro atoms. The van der Waals surface area contributed by atoms with Crippen molar-refractivity contribution in [2.24, 2.45) is 0 Å². The van der Waals surface area contributed by atoms with Crippen molar-refractivity contribution in [3.63, 3.8) is 0 Å². The number of rotatable bonds is 5. The number of carbonyl (C=O) groups is 1. The van der Waals surface area contributed by atoms with Crippen LogP contribution < -0.4 is 15.2 Å². The standard InChI is InChI=1S/C10H13N3O4S/c11-8-5-6(10(14)15)1-4-9(8)13-18(16,17)12-7-2-3-7/h1,4-5,7,12-13H,2-3,11H2,(H,14,15). The van der Waals surface area contributed by atoms with Crippen LogP contribution >= 0.6 is 0 Å². The molecule has 0 radical (unpaired) electrons. The van der Waals surface area contributed by atoms with Crippen LogP contribution in [0.3, 0.4) is 0 Å². The van der Waals surface area contributed by atoms with Gasteiger partial charge in [0.05, 0.1) is 16.9 Å². The van der Waals surface area contributed by atoms with Gasteiger partial charge < -0.3 is 10.8 Å². The van der Waals surface area contributed by atoms with E-state index in [9.17, 15) is 13.2 Å². The summed E-state index contributed by atoms with van der Waals surface area (Å²) in [6, 6.07) is 3.80. The van der Waals surface area contributed by atoms with Gasteiger partial charge in [-0.3, -0.25) is 4.72 Å². The molecule has 2 rings (SSSR count).